The highest BCUT2D eigenvalue weighted by molar-refractivity contribution is 6.52. The number of aliphatic hydroxyl groups excluding tert-OH is 1. The van der Waals surface area contributed by atoms with Crippen LogP contribution in [0, 0.1) is 6.92 Å². The first-order chi connectivity index (χ1) is 14.9. The molecule has 5 nitrogen and oxygen atoms in total. The van der Waals surface area contributed by atoms with E-state index in [1.54, 1.807) is 30.3 Å². The second kappa shape index (κ2) is 8.28. The Morgan fingerprint density at radius 3 is 2.32 bits per heavy atom. The average molecular weight is 434 g/mol. The molecule has 1 fully saturated rings. The first-order valence-corrected chi connectivity index (χ1v) is 10.1. The molecular formula is C25H20ClNO4. The molecule has 3 aromatic carbocycles. The summed E-state index contributed by atoms with van der Waals surface area (Å²) in [7, 11) is 1.49. The molecule has 3 aromatic rings. The van der Waals surface area contributed by atoms with Crippen LogP contribution in [0.4, 0.5) is 5.69 Å². The van der Waals surface area contributed by atoms with E-state index in [0.29, 0.717) is 17.0 Å². The van der Waals surface area contributed by atoms with Crippen LogP contribution >= 0.6 is 11.6 Å². The number of amides is 1. The molecule has 1 N–H and O–H groups in total. The topological polar surface area (TPSA) is 66.8 Å². The number of nitrogens with zero attached hydrogens (tertiary/aromatic N) is 1. The number of aryl methyl sites for hydroxylation is 1. The van der Waals surface area contributed by atoms with Gasteiger partial charge in [0.2, 0.25) is 0 Å². The van der Waals surface area contributed by atoms with Crippen LogP contribution < -0.4 is 9.64 Å². The molecule has 1 aliphatic heterocycles. The molecule has 31 heavy (non-hydrogen) atoms. The fraction of sp³-hybridized carbons (Fsp3) is 0.120. The summed E-state index contributed by atoms with van der Waals surface area (Å²) in [5.74, 6) is -1.36. The molecule has 1 heterocycles. The lowest BCUT2D eigenvalue weighted by Gasteiger charge is -2.25. The molecule has 0 aliphatic carbocycles. The molecule has 156 valence electrons. The standard InChI is InChI=1S/C25H20ClNO4/c1-15-8-10-17(11-9-15)27-22(16-6-4-3-5-7-16)21(24(29)25(27)30)23(28)19-14-18(31-2)12-13-20(19)26/h3-14,22,28H,1-2H3/b23-21+. The number of methoxy groups -OCH3 is 1. The summed E-state index contributed by atoms with van der Waals surface area (Å²) in [6.45, 7) is 1.94. The fourth-order valence-electron chi connectivity index (χ4n) is 3.71. The van der Waals surface area contributed by atoms with Crippen molar-refractivity contribution < 1.29 is 19.4 Å². The van der Waals surface area contributed by atoms with E-state index in [-0.39, 0.29) is 21.9 Å². The molecule has 1 amide bonds. The molecule has 0 bridgehead atoms. The maximum absolute atomic E-state index is 13.1. The van der Waals surface area contributed by atoms with Crippen LogP contribution in [0.2, 0.25) is 5.02 Å². The van der Waals surface area contributed by atoms with Gasteiger partial charge in [0.15, 0.2) is 0 Å². The Hall–Kier alpha value is -3.57. The van der Waals surface area contributed by atoms with Gasteiger partial charge in [-0.2, -0.15) is 0 Å². The van der Waals surface area contributed by atoms with Gasteiger partial charge in [0, 0.05) is 11.3 Å². The molecule has 0 aromatic heterocycles. The number of benzene rings is 3. The van der Waals surface area contributed by atoms with Crippen molar-refractivity contribution >= 4 is 34.7 Å². The van der Waals surface area contributed by atoms with Crippen molar-refractivity contribution in [2.75, 3.05) is 12.0 Å². The van der Waals surface area contributed by atoms with Gasteiger partial charge in [-0.05, 0) is 42.8 Å². The van der Waals surface area contributed by atoms with Gasteiger partial charge in [0.1, 0.15) is 11.5 Å². The van der Waals surface area contributed by atoms with Gasteiger partial charge in [-0.3, -0.25) is 14.5 Å². The number of Topliss-reactive ketones (excluding diaryl/α,β-unsaturated/α-hetero) is 1. The summed E-state index contributed by atoms with van der Waals surface area (Å²) in [5, 5.41) is 11.4. The van der Waals surface area contributed by atoms with E-state index < -0.39 is 17.7 Å². The normalized spacial score (nSPS) is 17.8. The summed E-state index contributed by atoms with van der Waals surface area (Å²) in [4.78, 5) is 27.7. The number of aliphatic hydroxyl groups is 1. The largest absolute Gasteiger partial charge is 0.507 e. The van der Waals surface area contributed by atoms with Gasteiger partial charge < -0.3 is 9.84 Å². The van der Waals surface area contributed by atoms with Crippen LogP contribution in [0.15, 0.2) is 78.4 Å². The Morgan fingerprint density at radius 1 is 1.00 bits per heavy atom. The third kappa shape index (κ3) is 3.68. The first kappa shape index (κ1) is 20.7. The second-order valence-electron chi connectivity index (χ2n) is 7.26. The minimum absolute atomic E-state index is 0.0214. The van der Waals surface area contributed by atoms with Crippen LogP contribution in [0.25, 0.3) is 5.76 Å². The highest BCUT2D eigenvalue weighted by atomic mass is 35.5. The maximum atomic E-state index is 13.1. The minimum Gasteiger partial charge on any atom is -0.507 e. The van der Waals surface area contributed by atoms with Crippen molar-refractivity contribution in [2.24, 2.45) is 0 Å². The van der Waals surface area contributed by atoms with Gasteiger partial charge in [0.25, 0.3) is 11.7 Å². The van der Waals surface area contributed by atoms with Gasteiger partial charge in [0.05, 0.1) is 23.7 Å². The van der Waals surface area contributed by atoms with E-state index >= 15 is 0 Å². The zero-order valence-electron chi connectivity index (χ0n) is 17.0. The first-order valence-electron chi connectivity index (χ1n) is 9.69. The molecule has 1 aliphatic rings. The summed E-state index contributed by atoms with van der Waals surface area (Å²) in [5.41, 5.74) is 2.50. The highest BCUT2D eigenvalue weighted by Gasteiger charge is 2.47. The smallest absolute Gasteiger partial charge is 0.300 e. The van der Waals surface area contributed by atoms with Gasteiger partial charge >= 0.3 is 0 Å². The fourth-order valence-corrected chi connectivity index (χ4v) is 3.92. The van der Waals surface area contributed by atoms with Crippen LogP contribution in [-0.4, -0.2) is 23.9 Å². The van der Waals surface area contributed by atoms with Gasteiger partial charge in [-0.25, -0.2) is 0 Å². The van der Waals surface area contributed by atoms with Crippen LogP contribution in [-0.2, 0) is 9.59 Å². The Kier molecular flexibility index (Phi) is 5.53. The second-order valence-corrected chi connectivity index (χ2v) is 7.67. The van der Waals surface area contributed by atoms with E-state index in [1.165, 1.54) is 12.0 Å². The Labute approximate surface area is 185 Å². The average Bonchev–Trinajstić information content (AvgIpc) is 3.05. The monoisotopic (exact) mass is 433 g/mol. The lowest BCUT2D eigenvalue weighted by molar-refractivity contribution is -0.132. The Balaban J connectivity index is 1.96. The molecule has 0 radical (unpaired) electrons. The summed E-state index contributed by atoms with van der Waals surface area (Å²) in [6.07, 6.45) is 0. The van der Waals surface area contributed by atoms with Crippen LogP contribution in [0.3, 0.4) is 0 Å². The number of carbonyl (C=O) groups excluding carboxylic acids is 2. The number of rotatable bonds is 4. The summed E-state index contributed by atoms with van der Waals surface area (Å²) < 4.78 is 5.23. The minimum atomic E-state index is -0.800. The van der Waals surface area contributed by atoms with E-state index in [4.69, 9.17) is 16.3 Å². The lowest BCUT2D eigenvalue weighted by atomic mass is 9.95. The number of hydrogen-bond acceptors (Lipinski definition) is 4. The summed E-state index contributed by atoms with van der Waals surface area (Å²) >= 11 is 6.32. The summed E-state index contributed by atoms with van der Waals surface area (Å²) in [6, 6.07) is 20.4. The van der Waals surface area contributed by atoms with E-state index in [1.807, 2.05) is 49.4 Å². The molecule has 6 heteroatoms. The molecule has 0 saturated carbocycles. The number of halogens is 1. The predicted molar refractivity (Wildman–Crippen MR) is 120 cm³/mol. The van der Waals surface area contributed by atoms with Crippen molar-refractivity contribution in [3.05, 3.63) is 100 Å². The molecule has 1 saturated heterocycles. The van der Waals surface area contributed by atoms with Crippen molar-refractivity contribution in [1.29, 1.82) is 0 Å². The maximum Gasteiger partial charge on any atom is 0.300 e. The molecule has 1 atom stereocenters. The number of anilines is 1. The van der Waals surface area contributed by atoms with E-state index in [9.17, 15) is 14.7 Å². The zero-order valence-corrected chi connectivity index (χ0v) is 17.8. The molecule has 0 spiro atoms. The lowest BCUT2D eigenvalue weighted by Crippen LogP contribution is -2.29. The SMILES string of the molecule is COc1ccc(Cl)c(/C(O)=C2\C(=O)C(=O)N(c3ccc(C)cc3)C2c2ccccc2)c1. The third-order valence-corrected chi connectivity index (χ3v) is 5.63. The van der Waals surface area contributed by atoms with Crippen molar-refractivity contribution in [3.8, 4) is 5.75 Å². The highest BCUT2D eigenvalue weighted by Crippen LogP contribution is 2.43. The molecular weight excluding hydrogens is 414 g/mol. The van der Waals surface area contributed by atoms with Gasteiger partial charge in [-0.1, -0.05) is 59.6 Å². The van der Waals surface area contributed by atoms with Gasteiger partial charge in [-0.15, -0.1) is 0 Å². The Morgan fingerprint density at radius 2 is 1.68 bits per heavy atom. The van der Waals surface area contributed by atoms with Crippen molar-refractivity contribution in [1.82, 2.24) is 0 Å². The van der Waals surface area contributed by atoms with E-state index in [2.05, 4.69) is 0 Å². The third-order valence-electron chi connectivity index (χ3n) is 5.30. The number of ketones is 1. The van der Waals surface area contributed by atoms with Crippen LogP contribution in [0.1, 0.15) is 22.7 Å². The zero-order chi connectivity index (χ0) is 22.1. The number of carbonyl (C=O) groups is 2. The number of ether oxygens (including phenoxy) is 1. The van der Waals surface area contributed by atoms with Crippen LogP contribution in [0.5, 0.6) is 5.75 Å². The van der Waals surface area contributed by atoms with Crippen molar-refractivity contribution in [3.63, 3.8) is 0 Å². The van der Waals surface area contributed by atoms with Crippen molar-refractivity contribution in [2.45, 2.75) is 13.0 Å². The Bertz CT molecular complexity index is 1190. The molecule has 4 rings (SSSR count). The number of hydrogen-bond donors (Lipinski definition) is 1. The quantitative estimate of drug-likeness (QED) is 0.345. The molecule has 1 unspecified atom stereocenters. The predicted octanol–water partition coefficient (Wildman–Crippen LogP) is 5.28. The van der Waals surface area contributed by atoms with E-state index in [0.717, 1.165) is 5.56 Å².